The molecule has 2 N–H and O–H groups in total. The highest BCUT2D eigenvalue weighted by Gasteiger charge is 2.03. The first-order chi connectivity index (χ1) is 7.74. The summed E-state index contributed by atoms with van der Waals surface area (Å²) in [6.07, 6.45) is 1.39. The molecule has 0 aliphatic carbocycles. The van der Waals surface area contributed by atoms with E-state index >= 15 is 0 Å². The molecule has 2 rings (SSSR count). The molecule has 1 aromatic heterocycles. The Bertz CT molecular complexity index is 467. The van der Waals surface area contributed by atoms with Gasteiger partial charge in [0.1, 0.15) is 6.26 Å². The Morgan fingerprint density at radius 3 is 2.56 bits per heavy atom. The molecule has 0 aliphatic heterocycles. The lowest BCUT2D eigenvalue weighted by Gasteiger charge is -2.04. The summed E-state index contributed by atoms with van der Waals surface area (Å²) in [4.78, 5) is 11.5. The van der Waals surface area contributed by atoms with Crippen molar-refractivity contribution < 1.29 is 9.32 Å². The zero-order valence-electron chi connectivity index (χ0n) is 8.11. The van der Waals surface area contributed by atoms with Gasteiger partial charge in [-0.2, -0.15) is 0 Å². The predicted octanol–water partition coefficient (Wildman–Crippen LogP) is 2.92. The molecule has 0 radical (unpaired) electrons. The van der Waals surface area contributed by atoms with Crippen molar-refractivity contribution in [1.82, 2.24) is 5.16 Å². The smallest absolute Gasteiger partial charge is 0.324 e. The maximum absolute atomic E-state index is 11.5. The fraction of sp³-hybridized carbons (Fsp3) is 0. The van der Waals surface area contributed by atoms with Crippen molar-refractivity contribution in [2.45, 2.75) is 0 Å². The third-order valence-corrected chi connectivity index (χ3v) is 2.50. The number of urea groups is 1. The number of halogens is 1. The molecule has 2 amide bonds. The Kier molecular flexibility index (Phi) is 3.40. The SMILES string of the molecule is O=C(Nc1ccc(I)cc1)Nc1ccon1. The Morgan fingerprint density at radius 1 is 1.19 bits per heavy atom. The monoisotopic (exact) mass is 329 g/mol. The Morgan fingerprint density at radius 2 is 1.94 bits per heavy atom. The fourth-order valence-electron chi connectivity index (χ4n) is 1.09. The maximum Gasteiger partial charge on any atom is 0.324 e. The Hall–Kier alpha value is -1.57. The molecule has 16 heavy (non-hydrogen) atoms. The van der Waals surface area contributed by atoms with Crippen molar-refractivity contribution in [3.8, 4) is 0 Å². The number of carbonyl (C=O) groups is 1. The van der Waals surface area contributed by atoms with E-state index in [2.05, 4.69) is 42.9 Å². The summed E-state index contributed by atoms with van der Waals surface area (Å²) in [5.74, 6) is 0.378. The summed E-state index contributed by atoms with van der Waals surface area (Å²) >= 11 is 2.20. The van der Waals surface area contributed by atoms with Gasteiger partial charge in [-0.05, 0) is 46.9 Å². The summed E-state index contributed by atoms with van der Waals surface area (Å²) in [7, 11) is 0. The van der Waals surface area contributed by atoms with Crippen LogP contribution >= 0.6 is 22.6 Å². The number of rotatable bonds is 2. The largest absolute Gasteiger partial charge is 0.363 e. The van der Waals surface area contributed by atoms with Gasteiger partial charge in [-0.15, -0.1) is 0 Å². The Balaban J connectivity index is 1.95. The van der Waals surface area contributed by atoms with Crippen molar-refractivity contribution in [3.05, 3.63) is 40.2 Å². The van der Waals surface area contributed by atoms with Crippen LogP contribution in [0.15, 0.2) is 41.1 Å². The average Bonchev–Trinajstić information content (AvgIpc) is 2.74. The van der Waals surface area contributed by atoms with Crippen molar-refractivity contribution in [3.63, 3.8) is 0 Å². The molecule has 82 valence electrons. The van der Waals surface area contributed by atoms with Gasteiger partial charge in [0.25, 0.3) is 0 Å². The van der Waals surface area contributed by atoms with Gasteiger partial charge in [0.2, 0.25) is 0 Å². The highest BCUT2D eigenvalue weighted by Crippen LogP contribution is 2.11. The molecule has 6 heteroatoms. The molecule has 5 nitrogen and oxygen atoms in total. The van der Waals surface area contributed by atoms with Crippen LogP contribution in [0.3, 0.4) is 0 Å². The van der Waals surface area contributed by atoms with Gasteiger partial charge in [-0.1, -0.05) is 5.16 Å². The lowest BCUT2D eigenvalue weighted by molar-refractivity contribution is 0.262. The minimum atomic E-state index is -0.352. The molecular weight excluding hydrogens is 321 g/mol. The molecule has 0 spiro atoms. The lowest BCUT2D eigenvalue weighted by atomic mass is 10.3. The molecule has 0 bridgehead atoms. The number of amides is 2. The van der Waals surface area contributed by atoms with Crippen LogP contribution in [0.25, 0.3) is 0 Å². The topological polar surface area (TPSA) is 67.2 Å². The van der Waals surface area contributed by atoms with E-state index in [1.54, 1.807) is 6.07 Å². The quantitative estimate of drug-likeness (QED) is 0.833. The third-order valence-electron chi connectivity index (χ3n) is 1.78. The van der Waals surface area contributed by atoms with Crippen molar-refractivity contribution in [2.24, 2.45) is 0 Å². The first-order valence-corrected chi connectivity index (χ1v) is 5.56. The van der Waals surface area contributed by atoms with E-state index in [9.17, 15) is 4.79 Å². The van der Waals surface area contributed by atoms with E-state index in [0.717, 1.165) is 9.26 Å². The van der Waals surface area contributed by atoms with Crippen molar-refractivity contribution in [1.29, 1.82) is 0 Å². The number of aromatic nitrogens is 1. The van der Waals surface area contributed by atoms with E-state index in [0.29, 0.717) is 5.82 Å². The zero-order valence-corrected chi connectivity index (χ0v) is 10.3. The van der Waals surface area contributed by atoms with Gasteiger partial charge < -0.3 is 9.84 Å². The van der Waals surface area contributed by atoms with Crippen molar-refractivity contribution >= 4 is 40.1 Å². The summed E-state index contributed by atoms with van der Waals surface area (Å²) in [6.45, 7) is 0. The van der Waals surface area contributed by atoms with Gasteiger partial charge in [0.05, 0.1) is 0 Å². The first-order valence-electron chi connectivity index (χ1n) is 4.48. The number of carbonyl (C=O) groups excluding carboxylic acids is 1. The van der Waals surface area contributed by atoms with Gasteiger partial charge in [0, 0.05) is 15.3 Å². The van der Waals surface area contributed by atoms with Crippen LogP contribution in [0.5, 0.6) is 0 Å². The standard InChI is InChI=1S/C10H8IN3O2/c11-7-1-3-8(4-2-7)12-10(15)13-9-5-6-16-14-9/h1-6H,(H2,12,13,14,15). The summed E-state index contributed by atoms with van der Waals surface area (Å²) < 4.78 is 5.70. The summed E-state index contributed by atoms with van der Waals surface area (Å²) in [6, 6.07) is 8.68. The zero-order chi connectivity index (χ0) is 11.4. The van der Waals surface area contributed by atoms with Crippen LogP contribution in [0.4, 0.5) is 16.3 Å². The summed E-state index contributed by atoms with van der Waals surface area (Å²) in [5, 5.41) is 8.76. The third kappa shape index (κ3) is 2.96. The van der Waals surface area contributed by atoms with Crippen LogP contribution in [0.2, 0.25) is 0 Å². The van der Waals surface area contributed by atoms with E-state index in [-0.39, 0.29) is 6.03 Å². The van der Waals surface area contributed by atoms with Gasteiger partial charge in [-0.25, -0.2) is 4.79 Å². The van der Waals surface area contributed by atoms with Gasteiger partial charge in [-0.3, -0.25) is 5.32 Å². The first kappa shape index (κ1) is 10.9. The minimum absolute atomic E-state index is 0.352. The molecule has 0 saturated carbocycles. The van der Waals surface area contributed by atoms with Crippen LogP contribution in [-0.2, 0) is 0 Å². The molecule has 0 atom stereocenters. The number of hydrogen-bond acceptors (Lipinski definition) is 3. The van der Waals surface area contributed by atoms with Crippen LogP contribution in [-0.4, -0.2) is 11.2 Å². The molecule has 0 fully saturated rings. The molecule has 2 aromatic rings. The van der Waals surface area contributed by atoms with Crippen LogP contribution < -0.4 is 10.6 Å². The van der Waals surface area contributed by atoms with E-state index in [1.165, 1.54) is 6.26 Å². The maximum atomic E-state index is 11.5. The average molecular weight is 329 g/mol. The lowest BCUT2D eigenvalue weighted by Crippen LogP contribution is -2.19. The summed E-state index contributed by atoms with van der Waals surface area (Å²) in [5.41, 5.74) is 0.724. The Labute approximate surface area is 105 Å². The van der Waals surface area contributed by atoms with E-state index in [4.69, 9.17) is 0 Å². The fourth-order valence-corrected chi connectivity index (χ4v) is 1.45. The molecule has 0 unspecified atom stereocenters. The van der Waals surface area contributed by atoms with Gasteiger partial charge in [0.15, 0.2) is 5.82 Å². The number of anilines is 2. The number of benzene rings is 1. The second-order valence-corrected chi connectivity index (χ2v) is 4.22. The normalized spacial score (nSPS) is 9.81. The molecule has 1 heterocycles. The molecule has 0 saturated heterocycles. The molecular formula is C10H8IN3O2. The second-order valence-electron chi connectivity index (χ2n) is 2.97. The molecule has 0 aliphatic rings. The highest BCUT2D eigenvalue weighted by molar-refractivity contribution is 14.1. The number of hydrogen-bond donors (Lipinski definition) is 2. The predicted molar refractivity (Wildman–Crippen MR) is 68.3 cm³/mol. The van der Waals surface area contributed by atoms with Crippen molar-refractivity contribution in [2.75, 3.05) is 10.6 Å². The minimum Gasteiger partial charge on any atom is -0.363 e. The number of nitrogens with one attached hydrogen (secondary N) is 2. The van der Waals surface area contributed by atoms with Crippen LogP contribution in [0, 0.1) is 3.57 Å². The van der Waals surface area contributed by atoms with Crippen LogP contribution in [0.1, 0.15) is 0 Å². The number of nitrogens with zero attached hydrogens (tertiary/aromatic N) is 1. The van der Waals surface area contributed by atoms with E-state index < -0.39 is 0 Å². The second kappa shape index (κ2) is 4.97. The highest BCUT2D eigenvalue weighted by atomic mass is 127. The van der Waals surface area contributed by atoms with E-state index in [1.807, 2.05) is 24.3 Å². The molecule has 1 aromatic carbocycles. The van der Waals surface area contributed by atoms with Gasteiger partial charge >= 0.3 is 6.03 Å².